The zero-order valence-electron chi connectivity index (χ0n) is 17.8. The van der Waals surface area contributed by atoms with Gasteiger partial charge in [0.1, 0.15) is 16.6 Å². The lowest BCUT2D eigenvalue weighted by Crippen LogP contribution is -2.29. The average molecular weight is 449 g/mol. The second-order valence-corrected chi connectivity index (χ2v) is 8.60. The SMILES string of the molecule is COc1cccc([C@@H]2c3c(oc4ccc(C)cc4c3=O)C(=O)N2c2nnc(C)s2)c1OC. The third-order valence-corrected chi connectivity index (χ3v) is 6.31. The highest BCUT2D eigenvalue weighted by atomic mass is 32.1. The van der Waals surface area contributed by atoms with Gasteiger partial charge in [-0.05, 0) is 32.0 Å². The fraction of sp³-hybridized carbons (Fsp3) is 0.217. The Hall–Kier alpha value is -3.72. The summed E-state index contributed by atoms with van der Waals surface area (Å²) < 4.78 is 17.1. The summed E-state index contributed by atoms with van der Waals surface area (Å²) in [6.45, 7) is 3.70. The van der Waals surface area contributed by atoms with Crippen molar-refractivity contribution in [1.29, 1.82) is 0 Å². The molecule has 0 unspecified atom stereocenters. The summed E-state index contributed by atoms with van der Waals surface area (Å²) in [6.07, 6.45) is 0. The third kappa shape index (κ3) is 2.89. The molecule has 0 spiro atoms. The summed E-state index contributed by atoms with van der Waals surface area (Å²) in [7, 11) is 3.05. The second kappa shape index (κ2) is 7.45. The Morgan fingerprint density at radius 2 is 1.88 bits per heavy atom. The van der Waals surface area contributed by atoms with Gasteiger partial charge in [-0.1, -0.05) is 35.1 Å². The maximum absolute atomic E-state index is 13.7. The fourth-order valence-corrected chi connectivity index (χ4v) is 4.80. The molecule has 2 aromatic heterocycles. The van der Waals surface area contributed by atoms with E-state index in [2.05, 4.69) is 10.2 Å². The maximum atomic E-state index is 13.7. The van der Waals surface area contributed by atoms with Crippen molar-refractivity contribution in [3.05, 3.63) is 74.1 Å². The van der Waals surface area contributed by atoms with Crippen molar-refractivity contribution in [1.82, 2.24) is 10.2 Å². The van der Waals surface area contributed by atoms with E-state index in [0.717, 1.165) is 5.56 Å². The highest BCUT2D eigenvalue weighted by Crippen LogP contribution is 2.46. The standard InChI is InChI=1S/C23H19N3O5S/c1-11-8-9-15-14(10-11)19(27)17-18(13-6-5-7-16(29-3)20(13)30-4)26(22(28)21(17)31-15)23-25-24-12(2)32-23/h5-10,18H,1-4H3/t18-/m1/s1. The number of aryl methyl sites for hydroxylation is 2. The van der Waals surface area contributed by atoms with Gasteiger partial charge in [-0.25, -0.2) is 0 Å². The Kier molecular flexibility index (Phi) is 4.70. The lowest BCUT2D eigenvalue weighted by Gasteiger charge is -2.24. The first-order chi connectivity index (χ1) is 15.4. The number of rotatable bonds is 4. The zero-order valence-corrected chi connectivity index (χ0v) is 18.6. The molecule has 0 bridgehead atoms. The molecule has 3 heterocycles. The second-order valence-electron chi connectivity index (χ2n) is 7.44. The molecule has 162 valence electrons. The first-order valence-electron chi connectivity index (χ1n) is 9.86. The topological polar surface area (TPSA) is 94.8 Å². The highest BCUT2D eigenvalue weighted by molar-refractivity contribution is 7.15. The molecule has 32 heavy (non-hydrogen) atoms. The predicted octanol–water partition coefficient (Wildman–Crippen LogP) is 4.03. The number of amides is 1. The quantitative estimate of drug-likeness (QED) is 0.464. The van der Waals surface area contributed by atoms with Crippen molar-refractivity contribution in [2.75, 3.05) is 19.1 Å². The first-order valence-corrected chi connectivity index (χ1v) is 10.7. The molecule has 0 radical (unpaired) electrons. The van der Waals surface area contributed by atoms with Crippen LogP contribution in [0.1, 0.15) is 38.3 Å². The van der Waals surface area contributed by atoms with Crippen molar-refractivity contribution < 1.29 is 18.7 Å². The first kappa shape index (κ1) is 20.2. The predicted molar refractivity (Wildman–Crippen MR) is 120 cm³/mol. The molecule has 2 aromatic carbocycles. The molecular formula is C23H19N3O5S. The van der Waals surface area contributed by atoms with Crippen LogP contribution in [0.4, 0.5) is 5.13 Å². The van der Waals surface area contributed by atoms with Gasteiger partial charge >= 0.3 is 0 Å². The average Bonchev–Trinajstić information content (AvgIpc) is 3.34. The van der Waals surface area contributed by atoms with Gasteiger partial charge in [0, 0.05) is 5.56 Å². The number of anilines is 1. The molecule has 0 fully saturated rings. The number of benzene rings is 2. The van der Waals surface area contributed by atoms with Crippen LogP contribution in [0.15, 0.2) is 45.6 Å². The Labute approximate surface area is 187 Å². The summed E-state index contributed by atoms with van der Waals surface area (Å²) in [6, 6.07) is 9.85. The number of hydrogen-bond donors (Lipinski definition) is 0. The minimum atomic E-state index is -0.809. The minimum absolute atomic E-state index is 0.00548. The van der Waals surface area contributed by atoms with Crippen LogP contribution < -0.4 is 19.8 Å². The van der Waals surface area contributed by atoms with E-state index >= 15 is 0 Å². The molecule has 1 atom stereocenters. The van der Waals surface area contributed by atoms with E-state index in [1.54, 1.807) is 37.3 Å². The lowest BCUT2D eigenvalue weighted by molar-refractivity contribution is 0.0970. The molecular weight excluding hydrogens is 430 g/mol. The molecule has 0 N–H and O–H groups in total. The number of para-hydroxylation sites is 1. The molecule has 4 aromatic rings. The van der Waals surface area contributed by atoms with Crippen LogP contribution >= 0.6 is 11.3 Å². The Bertz CT molecular complexity index is 1440. The number of hydrogen-bond acceptors (Lipinski definition) is 8. The van der Waals surface area contributed by atoms with E-state index in [1.807, 2.05) is 13.0 Å². The number of methoxy groups -OCH3 is 2. The number of fused-ring (bicyclic) bond motifs is 2. The van der Waals surface area contributed by atoms with Gasteiger partial charge in [0.05, 0.1) is 25.2 Å². The van der Waals surface area contributed by atoms with Crippen molar-refractivity contribution in [2.45, 2.75) is 19.9 Å². The number of carbonyl (C=O) groups is 1. The van der Waals surface area contributed by atoms with E-state index in [4.69, 9.17) is 13.9 Å². The molecule has 9 heteroatoms. The Morgan fingerprint density at radius 1 is 1.06 bits per heavy atom. The van der Waals surface area contributed by atoms with Crippen LogP contribution in [0.25, 0.3) is 11.0 Å². The van der Waals surface area contributed by atoms with Gasteiger partial charge in [0.25, 0.3) is 5.91 Å². The number of nitrogens with zero attached hydrogens (tertiary/aromatic N) is 3. The van der Waals surface area contributed by atoms with Gasteiger partial charge in [0.15, 0.2) is 16.9 Å². The fourth-order valence-electron chi connectivity index (χ4n) is 4.09. The molecule has 1 aliphatic rings. The maximum Gasteiger partial charge on any atom is 0.297 e. The van der Waals surface area contributed by atoms with Gasteiger partial charge < -0.3 is 13.9 Å². The van der Waals surface area contributed by atoms with Crippen LogP contribution in [0.5, 0.6) is 11.5 Å². The summed E-state index contributed by atoms with van der Waals surface area (Å²) in [4.78, 5) is 28.7. The number of aromatic nitrogens is 2. The zero-order chi connectivity index (χ0) is 22.6. The van der Waals surface area contributed by atoms with E-state index < -0.39 is 11.9 Å². The molecule has 8 nitrogen and oxygen atoms in total. The van der Waals surface area contributed by atoms with E-state index in [9.17, 15) is 9.59 Å². The van der Waals surface area contributed by atoms with Gasteiger partial charge in [-0.3, -0.25) is 14.5 Å². The van der Waals surface area contributed by atoms with Crippen LogP contribution in [0.3, 0.4) is 0 Å². The highest BCUT2D eigenvalue weighted by Gasteiger charge is 2.46. The molecule has 5 rings (SSSR count). The Morgan fingerprint density at radius 3 is 2.56 bits per heavy atom. The van der Waals surface area contributed by atoms with Crippen LogP contribution in [-0.2, 0) is 0 Å². The molecule has 0 saturated heterocycles. The molecule has 1 aliphatic heterocycles. The minimum Gasteiger partial charge on any atom is -0.493 e. The van der Waals surface area contributed by atoms with Crippen molar-refractivity contribution in [3.8, 4) is 11.5 Å². The van der Waals surface area contributed by atoms with Crippen molar-refractivity contribution >= 4 is 33.3 Å². The third-order valence-electron chi connectivity index (χ3n) is 5.48. The van der Waals surface area contributed by atoms with E-state index in [-0.39, 0.29) is 16.8 Å². The number of carbonyl (C=O) groups excluding carboxylic acids is 1. The normalized spacial score (nSPS) is 15.3. The molecule has 0 aliphatic carbocycles. The van der Waals surface area contributed by atoms with Crippen LogP contribution in [-0.4, -0.2) is 30.3 Å². The Balaban J connectivity index is 1.86. The summed E-state index contributed by atoms with van der Waals surface area (Å²) >= 11 is 1.26. The molecule has 1 amide bonds. The smallest absolute Gasteiger partial charge is 0.297 e. The van der Waals surface area contributed by atoms with E-state index in [0.29, 0.717) is 38.2 Å². The lowest BCUT2D eigenvalue weighted by atomic mass is 9.97. The monoisotopic (exact) mass is 449 g/mol. The van der Waals surface area contributed by atoms with Crippen LogP contribution in [0, 0.1) is 13.8 Å². The summed E-state index contributed by atoms with van der Waals surface area (Å²) in [5, 5.41) is 9.72. The number of ether oxygens (including phenoxy) is 2. The van der Waals surface area contributed by atoms with Gasteiger partial charge in [-0.2, -0.15) is 0 Å². The summed E-state index contributed by atoms with van der Waals surface area (Å²) in [5.41, 5.74) is 1.84. The largest absolute Gasteiger partial charge is 0.493 e. The summed E-state index contributed by atoms with van der Waals surface area (Å²) in [5.74, 6) is 0.454. The van der Waals surface area contributed by atoms with Crippen molar-refractivity contribution in [3.63, 3.8) is 0 Å². The van der Waals surface area contributed by atoms with E-state index in [1.165, 1.54) is 30.5 Å². The van der Waals surface area contributed by atoms with Gasteiger partial charge in [-0.15, -0.1) is 10.2 Å². The molecule has 0 saturated carbocycles. The van der Waals surface area contributed by atoms with Gasteiger partial charge in [0.2, 0.25) is 10.9 Å². The van der Waals surface area contributed by atoms with Crippen molar-refractivity contribution in [2.24, 2.45) is 0 Å². The van der Waals surface area contributed by atoms with Crippen LogP contribution in [0.2, 0.25) is 0 Å².